The smallest absolute Gasteiger partial charge is 0.195 e. The first-order chi connectivity index (χ1) is 8.93. The van der Waals surface area contributed by atoms with Gasteiger partial charge in [0.25, 0.3) is 0 Å². The molecule has 19 heavy (non-hydrogen) atoms. The van der Waals surface area contributed by atoms with E-state index in [1.165, 1.54) is 11.3 Å². The van der Waals surface area contributed by atoms with Gasteiger partial charge >= 0.3 is 0 Å². The van der Waals surface area contributed by atoms with Gasteiger partial charge < -0.3 is 4.74 Å². The van der Waals surface area contributed by atoms with Gasteiger partial charge in [-0.05, 0) is 43.2 Å². The van der Waals surface area contributed by atoms with Crippen molar-refractivity contribution >= 4 is 40.3 Å². The van der Waals surface area contributed by atoms with E-state index in [2.05, 4.69) is 0 Å². The van der Waals surface area contributed by atoms with Crippen molar-refractivity contribution in [2.45, 2.75) is 13.8 Å². The fourth-order valence-electron chi connectivity index (χ4n) is 1.89. The second-order valence-electron chi connectivity index (χ2n) is 4.20. The first-order valence-corrected chi connectivity index (χ1v) is 7.16. The standard InChI is InChI=1S/C14H12Cl2O2S/c1-7-5-11(18-3)8(2)4-9(7)13(17)10-6-12(15)19-14(10)16/h4-6H,1-3H3. The summed E-state index contributed by atoms with van der Waals surface area (Å²) >= 11 is 13.1. The zero-order chi connectivity index (χ0) is 14.2. The van der Waals surface area contributed by atoms with Gasteiger partial charge in [-0.1, -0.05) is 23.2 Å². The highest BCUT2D eigenvalue weighted by Gasteiger charge is 2.19. The Bertz CT molecular complexity index is 647. The van der Waals surface area contributed by atoms with Crippen molar-refractivity contribution in [3.63, 3.8) is 0 Å². The van der Waals surface area contributed by atoms with E-state index in [-0.39, 0.29) is 5.78 Å². The third-order valence-electron chi connectivity index (χ3n) is 2.89. The van der Waals surface area contributed by atoms with Crippen LogP contribution < -0.4 is 4.74 Å². The van der Waals surface area contributed by atoms with Gasteiger partial charge in [0.1, 0.15) is 10.1 Å². The maximum absolute atomic E-state index is 12.5. The monoisotopic (exact) mass is 314 g/mol. The molecule has 0 N–H and O–H groups in total. The van der Waals surface area contributed by atoms with Crippen molar-refractivity contribution in [2.75, 3.05) is 7.11 Å². The topological polar surface area (TPSA) is 26.3 Å². The summed E-state index contributed by atoms with van der Waals surface area (Å²) < 4.78 is 6.17. The molecule has 2 rings (SSSR count). The van der Waals surface area contributed by atoms with Crippen LogP contribution in [0.5, 0.6) is 5.75 Å². The van der Waals surface area contributed by atoms with E-state index in [1.54, 1.807) is 13.2 Å². The fourth-order valence-corrected chi connectivity index (χ4v) is 3.35. The molecule has 0 aliphatic rings. The van der Waals surface area contributed by atoms with Crippen molar-refractivity contribution in [1.82, 2.24) is 0 Å². The molecule has 5 heteroatoms. The molecule has 0 saturated heterocycles. The van der Waals surface area contributed by atoms with Gasteiger partial charge in [-0.15, -0.1) is 11.3 Å². The summed E-state index contributed by atoms with van der Waals surface area (Å²) in [4.78, 5) is 12.5. The quantitative estimate of drug-likeness (QED) is 0.752. The molecule has 0 atom stereocenters. The Kier molecular flexibility index (Phi) is 4.19. The summed E-state index contributed by atoms with van der Waals surface area (Å²) in [5, 5.41) is 0. The average molecular weight is 315 g/mol. The number of ether oxygens (including phenoxy) is 1. The van der Waals surface area contributed by atoms with E-state index >= 15 is 0 Å². The van der Waals surface area contributed by atoms with E-state index < -0.39 is 0 Å². The summed E-state index contributed by atoms with van der Waals surface area (Å²) in [5.41, 5.74) is 2.83. The Labute approximate surface area is 125 Å². The molecule has 1 aromatic heterocycles. The van der Waals surface area contributed by atoms with Gasteiger partial charge in [-0.3, -0.25) is 4.79 Å². The molecule has 0 fully saturated rings. The lowest BCUT2D eigenvalue weighted by molar-refractivity contribution is 0.103. The molecule has 0 saturated carbocycles. The summed E-state index contributed by atoms with van der Waals surface area (Å²) in [5.74, 6) is 0.653. The van der Waals surface area contributed by atoms with E-state index in [0.29, 0.717) is 19.8 Å². The predicted molar refractivity (Wildman–Crippen MR) is 80.2 cm³/mol. The van der Waals surface area contributed by atoms with Crippen molar-refractivity contribution in [3.8, 4) is 5.75 Å². The van der Waals surface area contributed by atoms with Gasteiger partial charge in [-0.25, -0.2) is 0 Å². The van der Waals surface area contributed by atoms with E-state index in [0.717, 1.165) is 16.9 Å². The van der Waals surface area contributed by atoms with Crippen molar-refractivity contribution < 1.29 is 9.53 Å². The lowest BCUT2D eigenvalue weighted by atomic mass is 9.98. The van der Waals surface area contributed by atoms with Crippen molar-refractivity contribution in [2.24, 2.45) is 0 Å². The number of rotatable bonds is 3. The molecular formula is C14H12Cl2O2S. The lowest BCUT2D eigenvalue weighted by Gasteiger charge is -2.10. The second kappa shape index (κ2) is 5.53. The van der Waals surface area contributed by atoms with E-state index in [9.17, 15) is 4.79 Å². The molecular weight excluding hydrogens is 303 g/mol. The lowest BCUT2D eigenvalue weighted by Crippen LogP contribution is -2.04. The zero-order valence-electron chi connectivity index (χ0n) is 10.7. The number of aryl methyl sites for hydroxylation is 2. The van der Waals surface area contributed by atoms with Crippen LogP contribution in [0.4, 0.5) is 0 Å². The van der Waals surface area contributed by atoms with Crippen molar-refractivity contribution in [3.05, 3.63) is 49.1 Å². The van der Waals surface area contributed by atoms with Crippen LogP contribution in [0.1, 0.15) is 27.0 Å². The third kappa shape index (κ3) is 2.78. The number of carbonyl (C=O) groups is 1. The minimum absolute atomic E-state index is 0.114. The molecule has 0 spiro atoms. The Morgan fingerprint density at radius 1 is 1.11 bits per heavy atom. The molecule has 0 amide bonds. The molecule has 0 bridgehead atoms. The van der Waals surface area contributed by atoms with E-state index in [1.807, 2.05) is 26.0 Å². The van der Waals surface area contributed by atoms with Crippen LogP contribution in [0.3, 0.4) is 0 Å². The van der Waals surface area contributed by atoms with Gasteiger partial charge in [0.2, 0.25) is 0 Å². The second-order valence-corrected chi connectivity index (χ2v) is 6.49. The van der Waals surface area contributed by atoms with Crippen LogP contribution in [0.15, 0.2) is 18.2 Å². The van der Waals surface area contributed by atoms with Crippen molar-refractivity contribution in [1.29, 1.82) is 0 Å². The minimum Gasteiger partial charge on any atom is -0.496 e. The highest BCUT2D eigenvalue weighted by atomic mass is 35.5. The summed E-state index contributed by atoms with van der Waals surface area (Å²) in [6.45, 7) is 3.77. The molecule has 0 aliphatic carbocycles. The van der Waals surface area contributed by atoms with Gasteiger partial charge in [-0.2, -0.15) is 0 Å². The maximum atomic E-state index is 12.5. The average Bonchev–Trinajstić information content (AvgIpc) is 2.70. The van der Waals surface area contributed by atoms with Crippen LogP contribution in [0.25, 0.3) is 0 Å². The first-order valence-electron chi connectivity index (χ1n) is 5.58. The van der Waals surface area contributed by atoms with Crippen LogP contribution in [0.2, 0.25) is 8.67 Å². The first kappa shape index (κ1) is 14.4. The number of benzene rings is 1. The van der Waals surface area contributed by atoms with Crippen LogP contribution in [-0.4, -0.2) is 12.9 Å². The minimum atomic E-state index is -0.114. The Morgan fingerprint density at radius 3 is 2.32 bits per heavy atom. The Balaban J connectivity index is 2.50. The molecule has 2 aromatic rings. The zero-order valence-corrected chi connectivity index (χ0v) is 13.0. The number of halogens is 2. The normalized spacial score (nSPS) is 10.6. The highest BCUT2D eigenvalue weighted by Crippen LogP contribution is 2.34. The molecule has 1 heterocycles. The maximum Gasteiger partial charge on any atom is 0.195 e. The molecule has 100 valence electrons. The third-order valence-corrected chi connectivity index (χ3v) is 4.38. The summed E-state index contributed by atoms with van der Waals surface area (Å²) in [7, 11) is 1.61. The number of ketones is 1. The molecule has 0 unspecified atom stereocenters. The van der Waals surface area contributed by atoms with Crippen LogP contribution >= 0.6 is 34.5 Å². The van der Waals surface area contributed by atoms with Crippen LogP contribution in [0, 0.1) is 13.8 Å². The molecule has 2 nitrogen and oxygen atoms in total. The Hall–Kier alpha value is -1.03. The van der Waals surface area contributed by atoms with Gasteiger partial charge in [0, 0.05) is 5.56 Å². The number of carbonyl (C=O) groups excluding carboxylic acids is 1. The summed E-state index contributed by atoms with van der Waals surface area (Å²) in [6.07, 6.45) is 0. The fraction of sp³-hybridized carbons (Fsp3) is 0.214. The number of methoxy groups -OCH3 is 1. The largest absolute Gasteiger partial charge is 0.496 e. The Morgan fingerprint density at radius 2 is 1.79 bits per heavy atom. The predicted octanol–water partition coefficient (Wildman–Crippen LogP) is 4.91. The molecule has 1 aromatic carbocycles. The van der Waals surface area contributed by atoms with E-state index in [4.69, 9.17) is 27.9 Å². The number of hydrogen-bond acceptors (Lipinski definition) is 3. The number of thiophene rings is 1. The SMILES string of the molecule is COc1cc(C)c(C(=O)c2cc(Cl)sc2Cl)cc1C. The number of hydrogen-bond donors (Lipinski definition) is 0. The molecule has 0 aliphatic heterocycles. The highest BCUT2D eigenvalue weighted by molar-refractivity contribution is 7.20. The van der Waals surface area contributed by atoms with Gasteiger partial charge in [0.15, 0.2) is 5.78 Å². The molecule has 0 radical (unpaired) electrons. The summed E-state index contributed by atoms with van der Waals surface area (Å²) in [6, 6.07) is 5.28. The van der Waals surface area contributed by atoms with Crippen LogP contribution in [-0.2, 0) is 0 Å². The van der Waals surface area contributed by atoms with Gasteiger partial charge in [0.05, 0.1) is 17.0 Å².